The van der Waals surface area contributed by atoms with Gasteiger partial charge in [-0.15, -0.1) is 0 Å². The zero-order chi connectivity index (χ0) is 8.97. The molecule has 1 unspecified atom stereocenters. The van der Waals surface area contributed by atoms with Crippen LogP contribution in [0.3, 0.4) is 0 Å². The third-order valence-corrected chi connectivity index (χ3v) is 1.62. The number of rotatable bonds is 2. The van der Waals surface area contributed by atoms with E-state index in [-0.39, 0.29) is 12.1 Å². The topological polar surface area (TPSA) is 35.5 Å². The molecule has 0 saturated carbocycles. The zero-order valence-corrected chi connectivity index (χ0v) is 7.24. The normalized spacial score (nSPS) is 23.7. The molecule has 1 aliphatic heterocycles. The van der Waals surface area contributed by atoms with Crippen LogP contribution in [0.15, 0.2) is 24.0 Å². The highest BCUT2D eigenvalue weighted by atomic mass is 16.5. The van der Waals surface area contributed by atoms with Crippen LogP contribution >= 0.6 is 0 Å². The predicted molar refractivity (Wildman–Crippen MR) is 44.4 cm³/mol. The van der Waals surface area contributed by atoms with Gasteiger partial charge in [-0.25, -0.2) is 4.79 Å². The standard InChI is InChI=1S/C9H12O3/c1-3-4-7-5-8(11-2)6-9(10)12-7/h3-4,6-7H,5H2,1-2H3. The lowest BCUT2D eigenvalue weighted by molar-refractivity contribution is -0.142. The van der Waals surface area contributed by atoms with E-state index in [2.05, 4.69) is 0 Å². The quantitative estimate of drug-likeness (QED) is 0.462. The number of cyclic esters (lactones) is 1. The molecule has 66 valence electrons. The van der Waals surface area contributed by atoms with E-state index >= 15 is 0 Å². The third-order valence-electron chi connectivity index (χ3n) is 1.62. The molecular formula is C9H12O3. The summed E-state index contributed by atoms with van der Waals surface area (Å²) >= 11 is 0. The van der Waals surface area contributed by atoms with Crippen LogP contribution in [0.25, 0.3) is 0 Å². The molecule has 0 N–H and O–H groups in total. The van der Waals surface area contributed by atoms with Gasteiger partial charge in [-0.2, -0.15) is 0 Å². The molecule has 0 saturated heterocycles. The summed E-state index contributed by atoms with van der Waals surface area (Å²) in [6, 6.07) is 0. The molecular weight excluding hydrogens is 156 g/mol. The molecule has 0 radical (unpaired) electrons. The largest absolute Gasteiger partial charge is 0.501 e. The second kappa shape index (κ2) is 3.95. The smallest absolute Gasteiger partial charge is 0.334 e. The lowest BCUT2D eigenvalue weighted by Gasteiger charge is -2.19. The zero-order valence-electron chi connectivity index (χ0n) is 7.24. The molecule has 0 aromatic carbocycles. The van der Waals surface area contributed by atoms with Gasteiger partial charge in [0.15, 0.2) is 0 Å². The molecule has 1 rings (SSSR count). The van der Waals surface area contributed by atoms with Crippen LogP contribution in [0.1, 0.15) is 13.3 Å². The third kappa shape index (κ3) is 2.12. The van der Waals surface area contributed by atoms with E-state index in [1.165, 1.54) is 6.08 Å². The van der Waals surface area contributed by atoms with Crippen molar-refractivity contribution >= 4 is 5.97 Å². The molecule has 0 aliphatic carbocycles. The first-order valence-corrected chi connectivity index (χ1v) is 3.84. The SMILES string of the molecule is CC=CC1CC(OC)=CC(=O)O1. The Hall–Kier alpha value is -1.25. The molecule has 3 nitrogen and oxygen atoms in total. The second-order valence-corrected chi connectivity index (χ2v) is 2.52. The summed E-state index contributed by atoms with van der Waals surface area (Å²) in [6.45, 7) is 1.89. The van der Waals surface area contributed by atoms with Gasteiger partial charge < -0.3 is 9.47 Å². The minimum atomic E-state index is -0.332. The van der Waals surface area contributed by atoms with Crippen LogP contribution in [0, 0.1) is 0 Å². The molecule has 0 fully saturated rings. The summed E-state index contributed by atoms with van der Waals surface area (Å²) in [5.74, 6) is 0.343. The lowest BCUT2D eigenvalue weighted by atomic mass is 10.1. The van der Waals surface area contributed by atoms with Gasteiger partial charge in [-0.3, -0.25) is 0 Å². The Kier molecular flexibility index (Phi) is 2.91. The van der Waals surface area contributed by atoms with Gasteiger partial charge in [0.05, 0.1) is 13.2 Å². The van der Waals surface area contributed by atoms with Crippen molar-refractivity contribution in [1.82, 2.24) is 0 Å². The number of hydrogen-bond acceptors (Lipinski definition) is 3. The molecule has 0 aromatic heterocycles. The van der Waals surface area contributed by atoms with Gasteiger partial charge in [0.25, 0.3) is 0 Å². The number of esters is 1. The minimum Gasteiger partial charge on any atom is -0.501 e. The van der Waals surface area contributed by atoms with Gasteiger partial charge in [0.1, 0.15) is 11.9 Å². The molecule has 0 spiro atoms. The minimum absolute atomic E-state index is 0.164. The van der Waals surface area contributed by atoms with E-state index in [1.807, 2.05) is 19.1 Å². The first-order chi connectivity index (χ1) is 5.76. The Morgan fingerprint density at radius 2 is 2.50 bits per heavy atom. The van der Waals surface area contributed by atoms with Crippen molar-refractivity contribution in [2.24, 2.45) is 0 Å². The maximum absolute atomic E-state index is 10.9. The van der Waals surface area contributed by atoms with Crippen LogP contribution in [0.5, 0.6) is 0 Å². The highest BCUT2D eigenvalue weighted by Gasteiger charge is 2.19. The lowest BCUT2D eigenvalue weighted by Crippen LogP contribution is -2.21. The summed E-state index contributed by atoms with van der Waals surface area (Å²) in [5, 5.41) is 0. The van der Waals surface area contributed by atoms with Crippen molar-refractivity contribution in [3.63, 3.8) is 0 Å². The summed E-state index contributed by atoms with van der Waals surface area (Å²) in [4.78, 5) is 10.9. The maximum Gasteiger partial charge on any atom is 0.334 e. The number of methoxy groups -OCH3 is 1. The monoisotopic (exact) mass is 168 g/mol. The van der Waals surface area contributed by atoms with Crippen molar-refractivity contribution in [1.29, 1.82) is 0 Å². The van der Waals surface area contributed by atoms with E-state index in [0.29, 0.717) is 12.2 Å². The highest BCUT2D eigenvalue weighted by Crippen LogP contribution is 2.16. The Labute approximate surface area is 71.7 Å². The fourth-order valence-electron chi connectivity index (χ4n) is 1.08. The van der Waals surface area contributed by atoms with Crippen LogP contribution in [0.4, 0.5) is 0 Å². The van der Waals surface area contributed by atoms with E-state index in [0.717, 1.165) is 0 Å². The van der Waals surface area contributed by atoms with Gasteiger partial charge in [0.2, 0.25) is 0 Å². The van der Waals surface area contributed by atoms with Crippen molar-refractivity contribution < 1.29 is 14.3 Å². The van der Waals surface area contributed by atoms with Crippen molar-refractivity contribution in [2.75, 3.05) is 7.11 Å². The molecule has 12 heavy (non-hydrogen) atoms. The van der Waals surface area contributed by atoms with Gasteiger partial charge >= 0.3 is 5.97 Å². The van der Waals surface area contributed by atoms with Gasteiger partial charge in [-0.05, 0) is 13.0 Å². The van der Waals surface area contributed by atoms with Crippen molar-refractivity contribution in [2.45, 2.75) is 19.4 Å². The predicted octanol–water partition coefficient (Wildman–Crippen LogP) is 1.41. The number of hydrogen-bond donors (Lipinski definition) is 0. The summed E-state index contributed by atoms with van der Waals surface area (Å²) in [6.07, 6.45) is 5.54. The Balaban J connectivity index is 2.65. The van der Waals surface area contributed by atoms with Gasteiger partial charge in [-0.1, -0.05) is 6.08 Å². The first kappa shape index (κ1) is 8.84. The molecule has 0 bridgehead atoms. The average Bonchev–Trinajstić information content (AvgIpc) is 2.04. The fraction of sp³-hybridized carbons (Fsp3) is 0.444. The summed E-state index contributed by atoms with van der Waals surface area (Å²) < 4.78 is 9.94. The average molecular weight is 168 g/mol. The Morgan fingerprint density at radius 1 is 1.75 bits per heavy atom. The highest BCUT2D eigenvalue weighted by molar-refractivity contribution is 5.83. The second-order valence-electron chi connectivity index (χ2n) is 2.52. The van der Waals surface area contributed by atoms with Crippen LogP contribution in [-0.2, 0) is 14.3 Å². The van der Waals surface area contributed by atoms with Crippen LogP contribution in [-0.4, -0.2) is 19.2 Å². The van der Waals surface area contributed by atoms with Crippen molar-refractivity contribution in [3.8, 4) is 0 Å². The van der Waals surface area contributed by atoms with E-state index < -0.39 is 0 Å². The summed E-state index contributed by atoms with van der Waals surface area (Å²) in [5.41, 5.74) is 0. The van der Waals surface area contributed by atoms with E-state index in [1.54, 1.807) is 7.11 Å². The number of carbonyl (C=O) groups excluding carboxylic acids is 1. The van der Waals surface area contributed by atoms with Crippen molar-refractivity contribution in [3.05, 3.63) is 24.0 Å². The molecule has 3 heteroatoms. The Bertz CT molecular complexity index is 228. The Morgan fingerprint density at radius 3 is 3.08 bits per heavy atom. The number of carbonyl (C=O) groups is 1. The molecule has 1 atom stereocenters. The van der Waals surface area contributed by atoms with Crippen LogP contribution < -0.4 is 0 Å². The number of ether oxygens (including phenoxy) is 2. The van der Waals surface area contributed by atoms with Gasteiger partial charge in [0, 0.05) is 6.42 Å². The molecule has 0 amide bonds. The molecule has 1 aliphatic rings. The number of allylic oxidation sites excluding steroid dienone is 1. The molecule has 0 aromatic rings. The van der Waals surface area contributed by atoms with E-state index in [4.69, 9.17) is 9.47 Å². The maximum atomic E-state index is 10.9. The fourth-order valence-corrected chi connectivity index (χ4v) is 1.08. The molecule has 1 heterocycles. The van der Waals surface area contributed by atoms with E-state index in [9.17, 15) is 4.79 Å². The first-order valence-electron chi connectivity index (χ1n) is 3.84. The van der Waals surface area contributed by atoms with Crippen LogP contribution in [0.2, 0.25) is 0 Å². The summed E-state index contributed by atoms with van der Waals surface area (Å²) in [7, 11) is 1.55.